The average Bonchev–Trinajstić information content (AvgIpc) is 2.03. The number of carbonyl (C=O) groups excluding carboxylic acids is 1. The number of hydrogen-bond donors (Lipinski definition) is 0. The highest BCUT2D eigenvalue weighted by atomic mass is 16.4. The highest BCUT2D eigenvalue weighted by Gasteiger charge is 1.89. The smallest absolute Gasteiger partial charge is 0.0668 e. The van der Waals surface area contributed by atoms with Crippen molar-refractivity contribution in [3.8, 4) is 0 Å². The molecule has 0 atom stereocenters. The summed E-state index contributed by atoms with van der Waals surface area (Å²) in [5.74, 6) is -1.08. The molecule has 0 unspecified atom stereocenters. The van der Waals surface area contributed by atoms with Crippen LogP contribution in [-0.4, -0.2) is 5.97 Å². The molecule has 0 heterocycles. The second-order valence-electron chi connectivity index (χ2n) is 2.85. The van der Waals surface area contributed by atoms with Crippen molar-refractivity contribution < 1.29 is 9.90 Å². The van der Waals surface area contributed by atoms with Crippen LogP contribution in [0.25, 0.3) is 0 Å². The van der Waals surface area contributed by atoms with Gasteiger partial charge < -0.3 is 9.90 Å². The highest BCUT2D eigenvalue weighted by Crippen LogP contribution is 2.05. The maximum absolute atomic E-state index is 10.3. The lowest BCUT2D eigenvalue weighted by Crippen LogP contribution is -2.22. The molecule has 0 N–H and O–H groups in total. The Hall–Kier alpha value is -1.05. The van der Waals surface area contributed by atoms with Gasteiger partial charge in [-0.3, -0.25) is 0 Å². The van der Waals surface area contributed by atoms with Gasteiger partial charge in [0.15, 0.2) is 0 Å². The Morgan fingerprint density at radius 1 is 1.42 bits per heavy atom. The molecule has 2 nitrogen and oxygen atoms in total. The van der Waals surface area contributed by atoms with Crippen LogP contribution in [0.1, 0.15) is 33.6 Å². The molecule has 0 bridgehead atoms. The first kappa shape index (κ1) is 11.0. The maximum Gasteiger partial charge on any atom is 0.0668 e. The first-order chi connectivity index (χ1) is 5.57. The van der Waals surface area contributed by atoms with Crippen LogP contribution in [-0.2, 0) is 4.79 Å². The van der Waals surface area contributed by atoms with E-state index in [1.54, 1.807) is 13.0 Å². The number of rotatable bonds is 4. The molecule has 0 saturated carbocycles. The number of carboxylic acids is 1. The third-order valence-electron chi connectivity index (χ3n) is 1.80. The average molecular weight is 167 g/mol. The molecule has 12 heavy (non-hydrogen) atoms. The molecule has 0 aliphatic heterocycles. The summed E-state index contributed by atoms with van der Waals surface area (Å²) < 4.78 is 0. The molecule has 0 aliphatic carbocycles. The van der Waals surface area contributed by atoms with E-state index in [1.165, 1.54) is 5.57 Å². The predicted molar refractivity (Wildman–Crippen MR) is 47.4 cm³/mol. The van der Waals surface area contributed by atoms with Gasteiger partial charge in [-0.05, 0) is 39.2 Å². The first-order valence-electron chi connectivity index (χ1n) is 4.07. The van der Waals surface area contributed by atoms with Gasteiger partial charge in [-0.2, -0.15) is 0 Å². The van der Waals surface area contributed by atoms with Crippen molar-refractivity contribution in [3.05, 3.63) is 23.3 Å². The summed E-state index contributed by atoms with van der Waals surface area (Å²) in [4.78, 5) is 10.3. The van der Waals surface area contributed by atoms with E-state index in [2.05, 4.69) is 0 Å². The number of carbonyl (C=O) groups is 1. The highest BCUT2D eigenvalue weighted by molar-refractivity contribution is 5.83. The zero-order valence-corrected chi connectivity index (χ0v) is 7.89. The SMILES string of the molecule is C/C=C(\C)CC/C=C(\C)C(=O)[O-]. The van der Waals surface area contributed by atoms with Gasteiger partial charge in [-0.25, -0.2) is 0 Å². The molecular weight excluding hydrogens is 152 g/mol. The second-order valence-corrected chi connectivity index (χ2v) is 2.85. The number of allylic oxidation sites excluding steroid dienone is 3. The van der Waals surface area contributed by atoms with Gasteiger partial charge in [0.05, 0.1) is 5.97 Å². The molecule has 0 fully saturated rings. The minimum Gasteiger partial charge on any atom is -0.545 e. The predicted octanol–water partition coefficient (Wildman–Crippen LogP) is 1.43. The molecule has 0 saturated heterocycles. The van der Waals surface area contributed by atoms with Gasteiger partial charge in [-0.1, -0.05) is 17.7 Å². The van der Waals surface area contributed by atoms with Crippen molar-refractivity contribution >= 4 is 5.97 Å². The van der Waals surface area contributed by atoms with Crippen LogP contribution in [0.2, 0.25) is 0 Å². The van der Waals surface area contributed by atoms with Crippen LogP contribution in [0.4, 0.5) is 0 Å². The number of hydrogen-bond acceptors (Lipinski definition) is 2. The van der Waals surface area contributed by atoms with E-state index in [4.69, 9.17) is 0 Å². The molecule has 2 heteroatoms. The van der Waals surface area contributed by atoms with E-state index < -0.39 is 5.97 Å². The summed E-state index contributed by atoms with van der Waals surface area (Å²) >= 11 is 0. The normalized spacial score (nSPS) is 13.2. The maximum atomic E-state index is 10.3. The Bertz CT molecular complexity index is 212. The number of carboxylic acid groups (broad SMARTS) is 1. The minimum absolute atomic E-state index is 0.318. The number of aliphatic carboxylic acids is 1. The molecular formula is C10H15O2-. The monoisotopic (exact) mass is 167 g/mol. The molecule has 0 spiro atoms. The summed E-state index contributed by atoms with van der Waals surface area (Å²) in [5, 5.41) is 10.3. The molecule has 0 rings (SSSR count). The fourth-order valence-electron chi connectivity index (χ4n) is 0.744. The summed E-state index contributed by atoms with van der Waals surface area (Å²) in [7, 11) is 0. The van der Waals surface area contributed by atoms with Crippen molar-refractivity contribution in [2.24, 2.45) is 0 Å². The van der Waals surface area contributed by atoms with E-state index >= 15 is 0 Å². The third kappa shape index (κ3) is 4.72. The molecule has 0 amide bonds. The van der Waals surface area contributed by atoms with E-state index in [0.29, 0.717) is 5.57 Å². The van der Waals surface area contributed by atoms with Gasteiger partial charge >= 0.3 is 0 Å². The van der Waals surface area contributed by atoms with Gasteiger partial charge in [0, 0.05) is 0 Å². The molecule has 0 aromatic rings. The summed E-state index contributed by atoms with van der Waals surface area (Å²) in [6.45, 7) is 5.56. The van der Waals surface area contributed by atoms with Crippen LogP contribution in [0.5, 0.6) is 0 Å². The molecule has 68 valence electrons. The Balaban J connectivity index is 3.83. The third-order valence-corrected chi connectivity index (χ3v) is 1.80. The zero-order valence-electron chi connectivity index (χ0n) is 7.89. The standard InChI is InChI=1S/C10H16O2/c1-4-8(2)6-5-7-9(3)10(11)12/h4,7H,5-6H2,1-3H3,(H,11,12)/p-1/b8-4+,9-7+. The van der Waals surface area contributed by atoms with Crippen molar-refractivity contribution in [2.75, 3.05) is 0 Å². The molecule has 0 aromatic carbocycles. The molecule has 0 radical (unpaired) electrons. The van der Waals surface area contributed by atoms with E-state index in [1.807, 2.05) is 19.9 Å². The van der Waals surface area contributed by atoms with E-state index in [-0.39, 0.29) is 0 Å². The summed E-state index contributed by atoms with van der Waals surface area (Å²) in [5.41, 5.74) is 1.59. The quantitative estimate of drug-likeness (QED) is 0.469. The Morgan fingerprint density at radius 3 is 2.42 bits per heavy atom. The fourth-order valence-corrected chi connectivity index (χ4v) is 0.744. The van der Waals surface area contributed by atoms with Crippen LogP contribution < -0.4 is 5.11 Å². The van der Waals surface area contributed by atoms with Crippen molar-refractivity contribution in [3.63, 3.8) is 0 Å². The van der Waals surface area contributed by atoms with Crippen molar-refractivity contribution in [1.82, 2.24) is 0 Å². The lowest BCUT2D eigenvalue weighted by atomic mass is 10.1. The van der Waals surface area contributed by atoms with E-state index in [0.717, 1.165) is 12.8 Å². The van der Waals surface area contributed by atoms with Crippen LogP contribution >= 0.6 is 0 Å². The Kier molecular flexibility index (Phi) is 5.09. The Labute approximate surface area is 73.6 Å². The van der Waals surface area contributed by atoms with Gasteiger partial charge in [0.2, 0.25) is 0 Å². The van der Waals surface area contributed by atoms with E-state index in [9.17, 15) is 9.90 Å². The zero-order chi connectivity index (χ0) is 9.56. The van der Waals surface area contributed by atoms with Gasteiger partial charge in [-0.15, -0.1) is 0 Å². The Morgan fingerprint density at radius 2 is 2.00 bits per heavy atom. The lowest BCUT2D eigenvalue weighted by Gasteiger charge is -2.01. The van der Waals surface area contributed by atoms with Crippen LogP contribution in [0.15, 0.2) is 23.3 Å². The topological polar surface area (TPSA) is 40.1 Å². The van der Waals surface area contributed by atoms with Crippen molar-refractivity contribution in [2.45, 2.75) is 33.6 Å². The largest absolute Gasteiger partial charge is 0.545 e. The lowest BCUT2D eigenvalue weighted by molar-refractivity contribution is -0.299. The fraction of sp³-hybridized carbons (Fsp3) is 0.500. The molecule has 0 aromatic heterocycles. The first-order valence-corrected chi connectivity index (χ1v) is 4.07. The van der Waals surface area contributed by atoms with Crippen LogP contribution in [0.3, 0.4) is 0 Å². The second kappa shape index (κ2) is 5.58. The van der Waals surface area contributed by atoms with Gasteiger partial charge in [0.25, 0.3) is 0 Å². The summed E-state index contributed by atoms with van der Waals surface area (Å²) in [6.07, 6.45) is 5.42. The van der Waals surface area contributed by atoms with Crippen molar-refractivity contribution in [1.29, 1.82) is 0 Å². The molecule has 0 aliphatic rings. The van der Waals surface area contributed by atoms with Crippen LogP contribution in [0, 0.1) is 0 Å². The summed E-state index contributed by atoms with van der Waals surface area (Å²) in [6, 6.07) is 0. The minimum atomic E-state index is -1.08. The van der Waals surface area contributed by atoms with Gasteiger partial charge in [0.1, 0.15) is 0 Å².